The van der Waals surface area contributed by atoms with Crippen LogP contribution in [0.1, 0.15) is 16.8 Å². The number of benzene rings is 1. The number of halogens is 4. The fourth-order valence-corrected chi connectivity index (χ4v) is 2.37. The van der Waals surface area contributed by atoms with Gasteiger partial charge in [0.25, 0.3) is 0 Å². The molecule has 0 aliphatic heterocycles. The van der Waals surface area contributed by atoms with Crippen LogP contribution in [0.15, 0.2) is 18.2 Å². The molecular formula is C16H13ClF3N3O2. The summed E-state index contributed by atoms with van der Waals surface area (Å²) >= 11 is 5.92. The molecule has 9 heteroatoms. The van der Waals surface area contributed by atoms with E-state index in [1.54, 1.807) is 6.07 Å². The van der Waals surface area contributed by atoms with Crippen LogP contribution in [-0.2, 0) is 13.2 Å². The molecule has 132 valence electrons. The van der Waals surface area contributed by atoms with E-state index >= 15 is 0 Å². The highest BCUT2D eigenvalue weighted by molar-refractivity contribution is 6.31. The Balaban J connectivity index is 2.62. The van der Waals surface area contributed by atoms with Crippen LogP contribution in [0.5, 0.6) is 11.5 Å². The predicted octanol–water partition coefficient (Wildman–Crippen LogP) is 4.17. The van der Waals surface area contributed by atoms with Crippen molar-refractivity contribution < 1.29 is 22.6 Å². The zero-order chi connectivity index (χ0) is 18.8. The van der Waals surface area contributed by atoms with Crippen molar-refractivity contribution in [1.82, 2.24) is 9.78 Å². The molecule has 0 aliphatic carbocycles. The van der Waals surface area contributed by atoms with E-state index in [9.17, 15) is 18.4 Å². The molecule has 5 nitrogen and oxygen atoms in total. The van der Waals surface area contributed by atoms with Crippen molar-refractivity contribution in [1.29, 1.82) is 5.26 Å². The van der Waals surface area contributed by atoms with E-state index < -0.39 is 11.9 Å². The van der Waals surface area contributed by atoms with E-state index in [-0.39, 0.29) is 16.3 Å². The van der Waals surface area contributed by atoms with Gasteiger partial charge in [0, 0.05) is 12.6 Å². The van der Waals surface area contributed by atoms with Crippen LogP contribution < -0.4 is 9.47 Å². The van der Waals surface area contributed by atoms with E-state index in [0.29, 0.717) is 17.1 Å². The van der Waals surface area contributed by atoms with Crippen molar-refractivity contribution in [2.45, 2.75) is 6.18 Å². The molecule has 25 heavy (non-hydrogen) atoms. The number of methoxy groups -OCH3 is 2. The Morgan fingerprint density at radius 1 is 1.28 bits per heavy atom. The van der Waals surface area contributed by atoms with Crippen LogP contribution in [0, 0.1) is 11.3 Å². The summed E-state index contributed by atoms with van der Waals surface area (Å²) in [5, 5.41) is 12.5. The van der Waals surface area contributed by atoms with Gasteiger partial charge in [-0.1, -0.05) is 11.6 Å². The van der Waals surface area contributed by atoms with Crippen LogP contribution in [-0.4, -0.2) is 24.0 Å². The van der Waals surface area contributed by atoms with Gasteiger partial charge in [-0.2, -0.15) is 23.5 Å². The van der Waals surface area contributed by atoms with E-state index in [1.165, 1.54) is 33.4 Å². The minimum absolute atomic E-state index is 0.0265. The summed E-state index contributed by atoms with van der Waals surface area (Å²) in [5.41, 5.74) is -1.20. The highest BCUT2D eigenvalue weighted by Gasteiger charge is 2.38. The van der Waals surface area contributed by atoms with Crippen molar-refractivity contribution >= 4 is 23.3 Å². The van der Waals surface area contributed by atoms with E-state index in [0.717, 1.165) is 10.8 Å². The number of nitriles is 1. The first kappa shape index (κ1) is 18.7. The minimum atomic E-state index is -4.70. The van der Waals surface area contributed by atoms with Crippen LogP contribution in [0.25, 0.3) is 11.6 Å². The van der Waals surface area contributed by atoms with E-state index in [2.05, 4.69) is 5.10 Å². The van der Waals surface area contributed by atoms with E-state index in [1.807, 2.05) is 6.07 Å². The number of rotatable bonds is 4. The third-order valence-electron chi connectivity index (χ3n) is 3.38. The summed E-state index contributed by atoms with van der Waals surface area (Å²) in [5.74, 6) is 0.772. The molecule has 0 amide bonds. The van der Waals surface area contributed by atoms with Gasteiger partial charge in [0.05, 0.1) is 25.9 Å². The number of ether oxygens (including phenoxy) is 2. The number of hydrogen-bond acceptors (Lipinski definition) is 4. The Bertz CT molecular complexity index is 867. The van der Waals surface area contributed by atoms with Gasteiger partial charge >= 0.3 is 6.18 Å². The summed E-state index contributed by atoms with van der Waals surface area (Å²) in [7, 11) is 4.15. The smallest absolute Gasteiger partial charge is 0.435 e. The quantitative estimate of drug-likeness (QED) is 0.757. The van der Waals surface area contributed by atoms with Crippen LogP contribution in [0.4, 0.5) is 13.2 Å². The van der Waals surface area contributed by atoms with Gasteiger partial charge in [0.2, 0.25) is 0 Å². The predicted molar refractivity (Wildman–Crippen MR) is 86.3 cm³/mol. The number of hydrogen-bond donors (Lipinski definition) is 0. The molecule has 0 spiro atoms. The molecule has 0 atom stereocenters. The molecule has 0 aliphatic rings. The first-order chi connectivity index (χ1) is 11.7. The van der Waals surface area contributed by atoms with Gasteiger partial charge in [-0.25, -0.2) is 0 Å². The Morgan fingerprint density at radius 2 is 1.92 bits per heavy atom. The van der Waals surface area contributed by atoms with Gasteiger partial charge in [0.1, 0.15) is 5.15 Å². The molecule has 0 fully saturated rings. The van der Waals surface area contributed by atoms with Crippen LogP contribution in [0.2, 0.25) is 5.15 Å². The first-order valence-electron chi connectivity index (χ1n) is 6.86. The largest absolute Gasteiger partial charge is 0.493 e. The summed E-state index contributed by atoms with van der Waals surface area (Å²) in [6.45, 7) is 0. The fraction of sp³-hybridized carbons (Fsp3) is 0.250. The molecule has 0 unspecified atom stereocenters. The molecule has 0 saturated carbocycles. The fourth-order valence-electron chi connectivity index (χ4n) is 2.19. The SMILES string of the molecule is COc1ccc(C(C#N)=Cc2c(C(F)(F)F)nn(C)c2Cl)cc1OC. The highest BCUT2D eigenvalue weighted by Crippen LogP contribution is 2.37. The monoisotopic (exact) mass is 371 g/mol. The van der Waals surface area contributed by atoms with Crippen molar-refractivity contribution in [3.05, 3.63) is 40.2 Å². The molecule has 0 radical (unpaired) electrons. The summed E-state index contributed by atoms with van der Waals surface area (Å²) in [4.78, 5) is 0. The van der Waals surface area contributed by atoms with Gasteiger partial charge in [0.15, 0.2) is 17.2 Å². The molecule has 0 N–H and O–H groups in total. The maximum atomic E-state index is 13.1. The lowest BCUT2D eigenvalue weighted by Gasteiger charge is -2.09. The average Bonchev–Trinajstić information content (AvgIpc) is 2.87. The van der Waals surface area contributed by atoms with Gasteiger partial charge < -0.3 is 9.47 Å². The summed E-state index contributed by atoms with van der Waals surface area (Å²) in [6.07, 6.45) is -3.64. The number of nitrogens with zero attached hydrogens (tertiary/aromatic N) is 3. The second kappa shape index (κ2) is 7.07. The van der Waals surface area contributed by atoms with Crippen molar-refractivity contribution in [2.24, 2.45) is 7.05 Å². The average molecular weight is 372 g/mol. The lowest BCUT2D eigenvalue weighted by atomic mass is 10.0. The molecule has 2 aromatic rings. The van der Waals surface area contributed by atoms with Gasteiger partial charge in [-0.3, -0.25) is 4.68 Å². The van der Waals surface area contributed by atoms with Crippen molar-refractivity contribution in [3.8, 4) is 17.6 Å². The zero-order valence-corrected chi connectivity index (χ0v) is 14.2. The van der Waals surface area contributed by atoms with Crippen LogP contribution in [0.3, 0.4) is 0 Å². The summed E-state index contributed by atoms with van der Waals surface area (Å²) < 4.78 is 50.5. The number of allylic oxidation sites excluding steroid dienone is 1. The third kappa shape index (κ3) is 3.72. The van der Waals surface area contributed by atoms with Crippen molar-refractivity contribution in [3.63, 3.8) is 0 Å². The molecule has 0 saturated heterocycles. The van der Waals surface area contributed by atoms with Crippen LogP contribution >= 0.6 is 11.6 Å². The maximum Gasteiger partial charge on any atom is 0.435 e. The zero-order valence-electron chi connectivity index (χ0n) is 13.5. The Hall–Kier alpha value is -2.66. The van der Waals surface area contributed by atoms with Gasteiger partial charge in [-0.05, 0) is 29.8 Å². The highest BCUT2D eigenvalue weighted by atomic mass is 35.5. The molecular weight excluding hydrogens is 359 g/mol. The topological polar surface area (TPSA) is 60.1 Å². The Labute approximate surface area is 146 Å². The molecule has 1 heterocycles. The number of alkyl halides is 3. The second-order valence-corrected chi connectivity index (χ2v) is 5.27. The molecule has 2 rings (SSSR count). The maximum absolute atomic E-state index is 13.1. The Kier molecular flexibility index (Phi) is 5.28. The van der Waals surface area contributed by atoms with Crippen molar-refractivity contribution in [2.75, 3.05) is 14.2 Å². The molecule has 1 aromatic carbocycles. The lowest BCUT2D eigenvalue weighted by molar-refractivity contribution is -0.141. The van der Waals surface area contributed by atoms with E-state index in [4.69, 9.17) is 21.1 Å². The third-order valence-corrected chi connectivity index (χ3v) is 3.83. The second-order valence-electron chi connectivity index (χ2n) is 4.91. The molecule has 0 bridgehead atoms. The molecule has 1 aromatic heterocycles. The minimum Gasteiger partial charge on any atom is -0.493 e. The summed E-state index contributed by atoms with van der Waals surface area (Å²) in [6, 6.07) is 6.45. The standard InChI is InChI=1S/C16H13ClF3N3O2/c1-23-15(17)11(14(22-23)16(18,19)20)6-10(8-21)9-4-5-12(24-2)13(7-9)25-3/h4-7H,1-3H3. The normalized spacial score (nSPS) is 12.0. The number of aryl methyl sites for hydroxylation is 1. The number of aromatic nitrogens is 2. The van der Waals surface area contributed by atoms with Gasteiger partial charge in [-0.15, -0.1) is 0 Å². The Morgan fingerprint density at radius 3 is 2.44 bits per heavy atom. The first-order valence-corrected chi connectivity index (χ1v) is 7.24. The lowest BCUT2D eigenvalue weighted by Crippen LogP contribution is -2.08.